The lowest BCUT2D eigenvalue weighted by Gasteiger charge is -2.30. The fraction of sp³-hybridized carbons (Fsp3) is 0.722. The molecule has 1 N–H and O–H groups in total. The molecule has 0 radical (unpaired) electrons. The number of hydrogen-bond acceptors (Lipinski definition) is 3. The Morgan fingerprint density at radius 3 is 2.29 bits per heavy atom. The van der Waals surface area contributed by atoms with Gasteiger partial charge in [0.05, 0.1) is 5.69 Å². The van der Waals surface area contributed by atoms with Gasteiger partial charge >= 0.3 is 0 Å². The summed E-state index contributed by atoms with van der Waals surface area (Å²) in [4.78, 5) is 6.78. The number of anilines is 1. The predicted octanol–water partition coefficient (Wildman–Crippen LogP) is 4.48. The molecule has 1 aromatic heterocycles. The van der Waals surface area contributed by atoms with Gasteiger partial charge in [0.2, 0.25) is 0 Å². The Hall–Kier alpha value is -1.09. The Morgan fingerprint density at radius 1 is 1.00 bits per heavy atom. The number of aryl methyl sites for hydroxylation is 1. The van der Waals surface area contributed by atoms with Crippen LogP contribution in [-0.4, -0.2) is 35.1 Å². The van der Waals surface area contributed by atoms with Crippen molar-refractivity contribution in [1.82, 2.24) is 9.88 Å². The quantitative estimate of drug-likeness (QED) is 0.644. The Balaban J connectivity index is 2.07. The van der Waals surface area contributed by atoms with Gasteiger partial charge in [-0.1, -0.05) is 12.8 Å². The molecule has 0 aliphatic heterocycles. The van der Waals surface area contributed by atoms with Crippen LogP contribution >= 0.6 is 0 Å². The Morgan fingerprint density at radius 2 is 1.67 bits per heavy atom. The van der Waals surface area contributed by atoms with Crippen molar-refractivity contribution in [2.75, 3.05) is 18.4 Å². The maximum Gasteiger partial charge on any atom is 0.0529 e. The van der Waals surface area contributed by atoms with Crippen LogP contribution in [-0.2, 0) is 0 Å². The van der Waals surface area contributed by atoms with Gasteiger partial charge in [-0.25, -0.2) is 0 Å². The summed E-state index contributed by atoms with van der Waals surface area (Å²) in [6.07, 6.45) is 8.95. The SMILES string of the molecule is Cc1cncc(NCCCCCCN(C(C)C)C(C)C)c1. The molecule has 1 rings (SSSR count). The van der Waals surface area contributed by atoms with E-state index in [2.05, 4.69) is 55.9 Å². The highest BCUT2D eigenvalue weighted by molar-refractivity contribution is 5.42. The molecule has 0 bridgehead atoms. The van der Waals surface area contributed by atoms with Crippen molar-refractivity contribution in [2.24, 2.45) is 0 Å². The summed E-state index contributed by atoms with van der Waals surface area (Å²) in [7, 11) is 0. The van der Waals surface area contributed by atoms with Gasteiger partial charge in [0, 0.05) is 31.0 Å². The van der Waals surface area contributed by atoms with Crippen LogP contribution in [0.2, 0.25) is 0 Å². The first-order chi connectivity index (χ1) is 10.0. The molecule has 0 saturated carbocycles. The van der Waals surface area contributed by atoms with Gasteiger partial charge in [-0.05, 0) is 65.6 Å². The Bertz CT molecular complexity index is 380. The van der Waals surface area contributed by atoms with Gasteiger partial charge < -0.3 is 5.32 Å². The van der Waals surface area contributed by atoms with Gasteiger partial charge in [-0.15, -0.1) is 0 Å². The van der Waals surface area contributed by atoms with Crippen molar-refractivity contribution in [2.45, 2.75) is 72.4 Å². The summed E-state index contributed by atoms with van der Waals surface area (Å²) in [6.45, 7) is 13.5. The van der Waals surface area contributed by atoms with E-state index in [1.165, 1.54) is 37.8 Å². The highest BCUT2D eigenvalue weighted by atomic mass is 15.2. The normalized spacial score (nSPS) is 11.6. The van der Waals surface area contributed by atoms with E-state index in [1.807, 2.05) is 12.4 Å². The van der Waals surface area contributed by atoms with Crippen molar-refractivity contribution in [1.29, 1.82) is 0 Å². The van der Waals surface area contributed by atoms with Crippen molar-refractivity contribution >= 4 is 5.69 Å². The fourth-order valence-electron chi connectivity index (χ4n) is 2.77. The van der Waals surface area contributed by atoms with Crippen molar-refractivity contribution in [3.8, 4) is 0 Å². The minimum atomic E-state index is 0.653. The molecule has 0 unspecified atom stereocenters. The van der Waals surface area contributed by atoms with Crippen LogP contribution in [0.1, 0.15) is 58.9 Å². The third kappa shape index (κ3) is 7.47. The van der Waals surface area contributed by atoms with Gasteiger partial charge in [-0.2, -0.15) is 0 Å². The molecule has 0 atom stereocenters. The van der Waals surface area contributed by atoms with Crippen LogP contribution in [0.3, 0.4) is 0 Å². The average Bonchev–Trinajstić information content (AvgIpc) is 2.41. The van der Waals surface area contributed by atoms with Crippen LogP contribution in [0.4, 0.5) is 5.69 Å². The fourth-order valence-corrected chi connectivity index (χ4v) is 2.77. The van der Waals surface area contributed by atoms with Crippen LogP contribution < -0.4 is 5.32 Å². The molecule has 3 heteroatoms. The first kappa shape index (κ1) is 18.0. The van der Waals surface area contributed by atoms with Gasteiger partial charge in [-0.3, -0.25) is 9.88 Å². The lowest BCUT2D eigenvalue weighted by atomic mass is 10.1. The summed E-state index contributed by atoms with van der Waals surface area (Å²) in [5, 5.41) is 3.45. The summed E-state index contributed by atoms with van der Waals surface area (Å²) in [5.41, 5.74) is 2.35. The van der Waals surface area contributed by atoms with E-state index in [0.717, 1.165) is 12.2 Å². The number of rotatable bonds is 10. The molecule has 0 aliphatic carbocycles. The molecule has 3 nitrogen and oxygen atoms in total. The van der Waals surface area contributed by atoms with Crippen LogP contribution in [0.5, 0.6) is 0 Å². The number of unbranched alkanes of at least 4 members (excludes halogenated alkanes) is 3. The van der Waals surface area contributed by atoms with Gasteiger partial charge in [0.15, 0.2) is 0 Å². The third-order valence-corrected chi connectivity index (χ3v) is 3.87. The maximum absolute atomic E-state index is 4.20. The van der Waals surface area contributed by atoms with E-state index < -0.39 is 0 Å². The number of nitrogens with zero attached hydrogens (tertiary/aromatic N) is 2. The van der Waals surface area contributed by atoms with E-state index in [4.69, 9.17) is 0 Å². The minimum Gasteiger partial charge on any atom is -0.384 e. The van der Waals surface area contributed by atoms with Crippen LogP contribution in [0.25, 0.3) is 0 Å². The van der Waals surface area contributed by atoms with Gasteiger partial charge in [0.1, 0.15) is 0 Å². The second-order valence-electron chi connectivity index (χ2n) is 6.52. The lowest BCUT2D eigenvalue weighted by Crippen LogP contribution is -2.37. The molecule has 0 fully saturated rings. The van der Waals surface area contributed by atoms with E-state index >= 15 is 0 Å². The van der Waals surface area contributed by atoms with E-state index in [-0.39, 0.29) is 0 Å². The summed E-state index contributed by atoms with van der Waals surface area (Å²) in [6, 6.07) is 3.46. The zero-order valence-corrected chi connectivity index (χ0v) is 14.5. The number of nitrogens with one attached hydrogen (secondary N) is 1. The zero-order chi connectivity index (χ0) is 15.7. The van der Waals surface area contributed by atoms with Crippen LogP contribution in [0.15, 0.2) is 18.5 Å². The molecular formula is C18H33N3. The van der Waals surface area contributed by atoms with E-state index in [9.17, 15) is 0 Å². The molecule has 1 heterocycles. The molecule has 0 saturated heterocycles. The molecule has 21 heavy (non-hydrogen) atoms. The first-order valence-electron chi connectivity index (χ1n) is 8.42. The van der Waals surface area contributed by atoms with Crippen LogP contribution in [0, 0.1) is 6.92 Å². The monoisotopic (exact) mass is 291 g/mol. The summed E-state index contributed by atoms with van der Waals surface area (Å²) < 4.78 is 0. The predicted molar refractivity (Wildman–Crippen MR) is 92.9 cm³/mol. The number of aromatic nitrogens is 1. The number of pyridine rings is 1. The maximum atomic E-state index is 4.20. The largest absolute Gasteiger partial charge is 0.384 e. The highest BCUT2D eigenvalue weighted by Crippen LogP contribution is 2.10. The smallest absolute Gasteiger partial charge is 0.0529 e. The molecule has 0 aliphatic rings. The molecule has 120 valence electrons. The zero-order valence-electron chi connectivity index (χ0n) is 14.5. The minimum absolute atomic E-state index is 0.653. The first-order valence-corrected chi connectivity index (χ1v) is 8.42. The number of hydrogen-bond donors (Lipinski definition) is 1. The van der Waals surface area contributed by atoms with Crippen molar-refractivity contribution in [3.05, 3.63) is 24.0 Å². The summed E-state index contributed by atoms with van der Waals surface area (Å²) >= 11 is 0. The van der Waals surface area contributed by atoms with Gasteiger partial charge in [0.25, 0.3) is 0 Å². The highest BCUT2D eigenvalue weighted by Gasteiger charge is 2.11. The molecule has 0 amide bonds. The Kier molecular flexibility index (Phi) is 8.36. The van der Waals surface area contributed by atoms with E-state index in [1.54, 1.807) is 0 Å². The standard InChI is InChI=1S/C18H33N3/c1-15(2)21(16(3)4)11-9-7-6-8-10-20-18-12-17(5)13-19-14-18/h12-16,20H,6-11H2,1-5H3. The molecule has 1 aromatic rings. The molecule has 0 spiro atoms. The molecule has 0 aromatic carbocycles. The second-order valence-corrected chi connectivity index (χ2v) is 6.52. The van der Waals surface area contributed by atoms with Crippen molar-refractivity contribution < 1.29 is 0 Å². The molecular weight excluding hydrogens is 258 g/mol. The van der Waals surface area contributed by atoms with Crippen molar-refractivity contribution in [3.63, 3.8) is 0 Å². The third-order valence-electron chi connectivity index (χ3n) is 3.87. The topological polar surface area (TPSA) is 28.2 Å². The average molecular weight is 291 g/mol. The van der Waals surface area contributed by atoms with E-state index in [0.29, 0.717) is 12.1 Å². The lowest BCUT2D eigenvalue weighted by molar-refractivity contribution is 0.171. The second kappa shape index (κ2) is 9.78. The Labute approximate surface area is 131 Å². The summed E-state index contributed by atoms with van der Waals surface area (Å²) in [5.74, 6) is 0.